The van der Waals surface area contributed by atoms with Gasteiger partial charge in [-0.25, -0.2) is 0 Å². The largest absolute Gasteiger partial charge is 0.423 e. The van der Waals surface area contributed by atoms with E-state index in [4.69, 9.17) is 21.1 Å². The molecule has 0 aliphatic carbocycles. The molecule has 114 valence electrons. The van der Waals surface area contributed by atoms with E-state index >= 15 is 0 Å². The van der Waals surface area contributed by atoms with E-state index < -0.39 is 22.7 Å². The molecule has 0 spiro atoms. The van der Waals surface area contributed by atoms with Crippen molar-refractivity contribution in [2.75, 3.05) is 0 Å². The third kappa shape index (κ3) is 3.32. The standard InChI is InChI=1S/C14H10ClNO6/c1-6(17)21-11-4-8-3-9(13(15)19)14(20)16-10(8)5-12(11)22-7(2)18/h3-5H,1-2H3,(H,16,20). The molecule has 0 bridgehead atoms. The summed E-state index contributed by atoms with van der Waals surface area (Å²) < 4.78 is 9.90. The van der Waals surface area contributed by atoms with Gasteiger partial charge in [0.1, 0.15) is 0 Å². The first kappa shape index (κ1) is 15.7. The molecule has 2 aromatic rings. The maximum atomic E-state index is 11.7. The minimum Gasteiger partial charge on any atom is -0.423 e. The summed E-state index contributed by atoms with van der Waals surface area (Å²) >= 11 is 5.32. The lowest BCUT2D eigenvalue weighted by Gasteiger charge is -2.10. The molecule has 1 aromatic heterocycles. The molecular weight excluding hydrogens is 314 g/mol. The van der Waals surface area contributed by atoms with Crippen LogP contribution >= 0.6 is 11.6 Å². The number of pyridine rings is 1. The van der Waals surface area contributed by atoms with E-state index in [2.05, 4.69) is 4.98 Å². The van der Waals surface area contributed by atoms with Gasteiger partial charge in [-0.05, 0) is 23.7 Å². The highest BCUT2D eigenvalue weighted by molar-refractivity contribution is 6.67. The lowest BCUT2D eigenvalue weighted by Crippen LogP contribution is -2.15. The van der Waals surface area contributed by atoms with Gasteiger partial charge in [0.15, 0.2) is 11.5 Å². The summed E-state index contributed by atoms with van der Waals surface area (Å²) in [5, 5.41) is -0.531. The Morgan fingerprint density at radius 1 is 1.00 bits per heavy atom. The monoisotopic (exact) mass is 323 g/mol. The topological polar surface area (TPSA) is 103 Å². The van der Waals surface area contributed by atoms with E-state index in [-0.39, 0.29) is 17.1 Å². The summed E-state index contributed by atoms with van der Waals surface area (Å²) in [5.41, 5.74) is -0.636. The summed E-state index contributed by atoms with van der Waals surface area (Å²) in [6.07, 6.45) is 0. The SMILES string of the molecule is CC(=O)Oc1cc2cc(C(=O)Cl)c(=O)[nH]c2cc1OC(C)=O. The number of carbonyl (C=O) groups is 3. The molecule has 0 saturated carbocycles. The molecule has 0 saturated heterocycles. The maximum absolute atomic E-state index is 11.7. The van der Waals surface area contributed by atoms with Gasteiger partial charge in [0.05, 0.1) is 11.1 Å². The van der Waals surface area contributed by atoms with E-state index in [0.717, 1.165) is 0 Å². The lowest BCUT2D eigenvalue weighted by molar-refractivity contribution is -0.134. The van der Waals surface area contributed by atoms with Crippen LogP contribution in [0, 0.1) is 0 Å². The van der Waals surface area contributed by atoms with E-state index in [1.54, 1.807) is 0 Å². The number of rotatable bonds is 3. The van der Waals surface area contributed by atoms with Gasteiger partial charge in [0, 0.05) is 25.3 Å². The minimum atomic E-state index is -0.916. The van der Waals surface area contributed by atoms with Crippen LogP contribution in [0.3, 0.4) is 0 Å². The Bertz CT molecular complexity index is 854. The summed E-state index contributed by atoms with van der Waals surface area (Å²) in [6.45, 7) is 2.36. The first-order valence-electron chi connectivity index (χ1n) is 6.05. The van der Waals surface area contributed by atoms with E-state index in [9.17, 15) is 19.2 Å². The summed E-state index contributed by atoms with van der Waals surface area (Å²) in [4.78, 5) is 47.6. The molecule has 0 aliphatic rings. The van der Waals surface area contributed by atoms with Gasteiger partial charge in [-0.3, -0.25) is 19.2 Å². The molecule has 0 unspecified atom stereocenters. The van der Waals surface area contributed by atoms with Crippen LogP contribution in [0.4, 0.5) is 0 Å². The van der Waals surface area contributed by atoms with Gasteiger partial charge in [-0.1, -0.05) is 0 Å². The first-order valence-corrected chi connectivity index (χ1v) is 6.43. The Kier molecular flexibility index (Phi) is 4.27. The summed E-state index contributed by atoms with van der Waals surface area (Å²) in [6, 6.07) is 3.93. The molecule has 0 amide bonds. The molecule has 0 radical (unpaired) electrons. The predicted octanol–water partition coefficient (Wildman–Crippen LogP) is 1.76. The number of carbonyl (C=O) groups excluding carboxylic acids is 3. The zero-order valence-electron chi connectivity index (χ0n) is 11.6. The molecule has 8 heteroatoms. The molecule has 22 heavy (non-hydrogen) atoms. The van der Waals surface area contributed by atoms with Crippen LogP contribution in [0.1, 0.15) is 24.2 Å². The van der Waals surface area contributed by atoms with Gasteiger partial charge in [-0.15, -0.1) is 0 Å². The van der Waals surface area contributed by atoms with E-state index in [1.807, 2.05) is 0 Å². The van der Waals surface area contributed by atoms with Crippen LogP contribution in [0.15, 0.2) is 23.0 Å². The number of aromatic nitrogens is 1. The molecule has 7 nitrogen and oxygen atoms in total. The van der Waals surface area contributed by atoms with Crippen molar-refractivity contribution in [3.63, 3.8) is 0 Å². The third-order valence-corrected chi connectivity index (χ3v) is 2.83. The average Bonchev–Trinajstić information content (AvgIpc) is 2.37. The Hall–Kier alpha value is -2.67. The minimum absolute atomic E-state index is 0.0183. The Morgan fingerprint density at radius 2 is 1.55 bits per heavy atom. The number of fused-ring (bicyclic) bond motifs is 1. The lowest BCUT2D eigenvalue weighted by atomic mass is 10.1. The highest BCUT2D eigenvalue weighted by atomic mass is 35.5. The normalized spacial score (nSPS) is 10.3. The summed E-state index contributed by atoms with van der Waals surface area (Å²) in [7, 11) is 0. The fourth-order valence-electron chi connectivity index (χ4n) is 1.83. The van der Waals surface area contributed by atoms with Crippen molar-refractivity contribution in [3.8, 4) is 11.5 Å². The highest BCUT2D eigenvalue weighted by Gasteiger charge is 2.15. The van der Waals surface area contributed by atoms with Gasteiger partial charge in [0.25, 0.3) is 10.8 Å². The Balaban J connectivity index is 2.70. The number of aromatic amines is 1. The third-order valence-electron chi connectivity index (χ3n) is 2.63. The van der Waals surface area contributed by atoms with Gasteiger partial charge < -0.3 is 14.5 Å². The van der Waals surface area contributed by atoms with Crippen molar-refractivity contribution >= 4 is 39.7 Å². The smallest absolute Gasteiger partial charge is 0.308 e. The fourth-order valence-corrected chi connectivity index (χ4v) is 1.97. The quantitative estimate of drug-likeness (QED) is 0.524. The predicted molar refractivity (Wildman–Crippen MR) is 77.4 cm³/mol. The molecular formula is C14H10ClNO6. The number of nitrogens with one attached hydrogen (secondary N) is 1. The molecule has 1 N–H and O–H groups in total. The van der Waals surface area contributed by atoms with Crippen LogP contribution < -0.4 is 15.0 Å². The van der Waals surface area contributed by atoms with Gasteiger partial charge in [-0.2, -0.15) is 0 Å². The number of hydrogen-bond acceptors (Lipinski definition) is 6. The van der Waals surface area contributed by atoms with Crippen molar-refractivity contribution in [1.82, 2.24) is 4.98 Å². The number of esters is 2. The molecule has 1 aromatic carbocycles. The first-order chi connectivity index (χ1) is 10.3. The second-order valence-electron chi connectivity index (χ2n) is 4.36. The zero-order valence-corrected chi connectivity index (χ0v) is 12.3. The average molecular weight is 324 g/mol. The number of H-pyrrole nitrogens is 1. The van der Waals surface area contributed by atoms with Crippen molar-refractivity contribution in [2.45, 2.75) is 13.8 Å². The Morgan fingerprint density at radius 3 is 2.05 bits per heavy atom. The summed E-state index contributed by atoms with van der Waals surface area (Å²) in [5.74, 6) is -1.29. The Labute approximate surface area is 128 Å². The van der Waals surface area contributed by atoms with Crippen molar-refractivity contribution in [3.05, 3.63) is 34.1 Å². The number of ether oxygens (including phenoxy) is 2. The van der Waals surface area contributed by atoms with Crippen LogP contribution in [0.2, 0.25) is 0 Å². The van der Waals surface area contributed by atoms with E-state index in [0.29, 0.717) is 10.9 Å². The van der Waals surface area contributed by atoms with Crippen LogP contribution in [-0.2, 0) is 9.59 Å². The zero-order chi connectivity index (χ0) is 16.4. The van der Waals surface area contributed by atoms with E-state index in [1.165, 1.54) is 32.0 Å². The number of benzene rings is 1. The molecule has 0 atom stereocenters. The maximum Gasteiger partial charge on any atom is 0.308 e. The fraction of sp³-hybridized carbons (Fsp3) is 0.143. The number of hydrogen-bond donors (Lipinski definition) is 1. The van der Waals surface area contributed by atoms with Crippen LogP contribution in [-0.4, -0.2) is 22.2 Å². The van der Waals surface area contributed by atoms with Crippen molar-refractivity contribution in [2.24, 2.45) is 0 Å². The van der Waals surface area contributed by atoms with Crippen molar-refractivity contribution < 1.29 is 23.9 Å². The van der Waals surface area contributed by atoms with Gasteiger partial charge in [0.2, 0.25) is 0 Å². The highest BCUT2D eigenvalue weighted by Crippen LogP contribution is 2.32. The van der Waals surface area contributed by atoms with Crippen LogP contribution in [0.5, 0.6) is 11.5 Å². The molecule has 0 fully saturated rings. The van der Waals surface area contributed by atoms with Gasteiger partial charge >= 0.3 is 11.9 Å². The second-order valence-corrected chi connectivity index (χ2v) is 4.70. The molecule has 2 rings (SSSR count). The van der Waals surface area contributed by atoms with Crippen molar-refractivity contribution in [1.29, 1.82) is 0 Å². The molecule has 0 aliphatic heterocycles. The second kappa shape index (κ2) is 5.98. The van der Waals surface area contributed by atoms with Crippen LogP contribution in [0.25, 0.3) is 10.9 Å². The number of halogens is 1. The molecule has 1 heterocycles.